The lowest BCUT2D eigenvalue weighted by Crippen LogP contribution is -2.56. The van der Waals surface area contributed by atoms with Crippen molar-refractivity contribution in [2.24, 2.45) is 5.11 Å². The highest BCUT2D eigenvalue weighted by atomic mass is 35.6. The first-order chi connectivity index (χ1) is 16.7. The third-order valence-electron chi connectivity index (χ3n) is 4.72. The Morgan fingerprint density at radius 2 is 1.67 bits per heavy atom. The average Bonchev–Trinajstić information content (AvgIpc) is 3.05. The van der Waals surface area contributed by atoms with E-state index in [1.165, 1.54) is 0 Å². The molecule has 0 aromatic heterocycles. The summed E-state index contributed by atoms with van der Waals surface area (Å²) >= 11 is 17.0. The minimum Gasteiger partial charge on any atom is -0.463 e. The van der Waals surface area contributed by atoms with Gasteiger partial charge in [-0.1, -0.05) is 39.9 Å². The summed E-state index contributed by atoms with van der Waals surface area (Å²) < 4.78 is 35.3. The van der Waals surface area contributed by atoms with Crippen molar-refractivity contribution in [3.05, 3.63) is 10.4 Å². The smallest absolute Gasteiger partial charge is 0.303 e. The molecular formula is C18H23Cl3N4O11. The second kappa shape index (κ2) is 12.9. The molecule has 2 unspecified atom stereocenters. The SMILES string of the molecule is CC(=O)OC[C@H]1OC(OC(=N)C(Cl)(Cl)Cl)[C@H](OC(C)=O)[C@@H]1O[C@H]1OC[C@@H](O)[C@H](OC(C)=O)C1N=[N+]=[N-]. The molecule has 18 heteroatoms. The molecule has 36 heavy (non-hydrogen) atoms. The molecule has 202 valence electrons. The van der Waals surface area contributed by atoms with Gasteiger partial charge in [-0.2, -0.15) is 0 Å². The number of aliphatic hydroxyl groups excluding tert-OH is 1. The van der Waals surface area contributed by atoms with Crippen LogP contribution in [0.3, 0.4) is 0 Å². The first kappa shape index (κ1) is 30.1. The van der Waals surface area contributed by atoms with Crippen LogP contribution in [-0.2, 0) is 47.5 Å². The molecule has 2 N–H and O–H groups in total. The standard InChI is InChI=1S/C18H23Cl3N4O11/c1-6(26)30-5-10-13(14(33-8(3)28)16(34-10)36-17(22)18(19,20)21)35-15-11(24-25-23)12(32-7(2)27)9(29)4-31-15/h9-16,22,29H,4-5H2,1-3H3/t9-,10-,11?,12+,13-,14-,15-,16?/m1/s1. The lowest BCUT2D eigenvalue weighted by molar-refractivity contribution is -0.260. The van der Waals surface area contributed by atoms with Crippen molar-refractivity contribution in [3.8, 4) is 0 Å². The highest BCUT2D eigenvalue weighted by Gasteiger charge is 2.54. The minimum atomic E-state index is -2.29. The van der Waals surface area contributed by atoms with Crippen molar-refractivity contribution in [1.82, 2.24) is 0 Å². The first-order valence-corrected chi connectivity index (χ1v) is 11.3. The van der Waals surface area contributed by atoms with Gasteiger partial charge in [0.15, 0.2) is 12.4 Å². The molecule has 15 nitrogen and oxygen atoms in total. The zero-order valence-corrected chi connectivity index (χ0v) is 21.3. The van der Waals surface area contributed by atoms with E-state index in [-0.39, 0.29) is 0 Å². The number of carbonyl (C=O) groups is 3. The monoisotopic (exact) mass is 576 g/mol. The van der Waals surface area contributed by atoms with Gasteiger partial charge in [0.05, 0.1) is 6.61 Å². The van der Waals surface area contributed by atoms with E-state index in [4.69, 9.17) is 78.9 Å². The Balaban J connectivity index is 2.39. The van der Waals surface area contributed by atoms with Crippen LogP contribution >= 0.6 is 34.8 Å². The molecule has 0 spiro atoms. The summed E-state index contributed by atoms with van der Waals surface area (Å²) in [4.78, 5) is 37.4. The number of nitrogens with one attached hydrogen (secondary N) is 1. The number of hydrogen-bond acceptors (Lipinski definition) is 13. The fourth-order valence-electron chi connectivity index (χ4n) is 3.35. The summed E-state index contributed by atoms with van der Waals surface area (Å²) in [5, 5.41) is 21.5. The van der Waals surface area contributed by atoms with Crippen LogP contribution in [0.1, 0.15) is 20.8 Å². The van der Waals surface area contributed by atoms with Crippen LogP contribution in [0.15, 0.2) is 5.11 Å². The summed E-state index contributed by atoms with van der Waals surface area (Å²) in [6.07, 6.45) is -9.71. The Labute approximate surface area is 219 Å². The largest absolute Gasteiger partial charge is 0.463 e. The Bertz CT molecular complexity index is 898. The molecule has 0 aliphatic carbocycles. The summed E-state index contributed by atoms with van der Waals surface area (Å²) in [6, 6.07) is -1.39. The lowest BCUT2D eigenvalue weighted by Gasteiger charge is -2.39. The average molecular weight is 578 g/mol. The number of rotatable bonds is 8. The van der Waals surface area contributed by atoms with Crippen LogP contribution in [0.4, 0.5) is 0 Å². The number of hydrogen-bond donors (Lipinski definition) is 2. The number of halogens is 3. The second-order valence-electron chi connectivity index (χ2n) is 7.50. The van der Waals surface area contributed by atoms with E-state index < -0.39 is 90.0 Å². The van der Waals surface area contributed by atoms with Crippen LogP contribution < -0.4 is 0 Å². The van der Waals surface area contributed by atoms with Crippen LogP contribution in [0.5, 0.6) is 0 Å². The zero-order valence-electron chi connectivity index (χ0n) is 19.0. The van der Waals surface area contributed by atoms with Gasteiger partial charge in [-0.3, -0.25) is 19.8 Å². The van der Waals surface area contributed by atoms with Gasteiger partial charge in [0, 0.05) is 25.7 Å². The van der Waals surface area contributed by atoms with Gasteiger partial charge in [0.2, 0.25) is 12.2 Å². The molecule has 0 amide bonds. The first-order valence-electron chi connectivity index (χ1n) is 10.2. The maximum Gasteiger partial charge on any atom is 0.303 e. The quantitative estimate of drug-likeness (QED) is 0.0613. The number of azide groups is 1. The number of alkyl halides is 3. The summed E-state index contributed by atoms with van der Waals surface area (Å²) in [5.41, 5.74) is 9.01. The van der Waals surface area contributed by atoms with Crippen molar-refractivity contribution in [2.45, 2.75) is 73.7 Å². The van der Waals surface area contributed by atoms with E-state index in [0.717, 1.165) is 20.8 Å². The molecule has 0 saturated carbocycles. The molecule has 2 aliphatic heterocycles. The minimum absolute atomic E-state index is 0.391. The molecule has 0 aromatic rings. The lowest BCUT2D eigenvalue weighted by atomic mass is 10.0. The Morgan fingerprint density at radius 3 is 2.19 bits per heavy atom. The van der Waals surface area contributed by atoms with Crippen molar-refractivity contribution in [2.75, 3.05) is 13.2 Å². The number of nitrogens with zero attached hydrogens (tertiary/aromatic N) is 3. The fraction of sp³-hybridized carbons (Fsp3) is 0.778. The number of esters is 3. The maximum absolute atomic E-state index is 11.8. The molecule has 0 aromatic carbocycles. The molecule has 2 fully saturated rings. The molecule has 0 bridgehead atoms. The third-order valence-corrected chi connectivity index (χ3v) is 5.23. The van der Waals surface area contributed by atoms with E-state index in [1.54, 1.807) is 0 Å². The van der Waals surface area contributed by atoms with Crippen molar-refractivity contribution >= 4 is 58.6 Å². The van der Waals surface area contributed by atoms with Crippen molar-refractivity contribution in [3.63, 3.8) is 0 Å². The Morgan fingerprint density at radius 1 is 1.06 bits per heavy atom. The van der Waals surface area contributed by atoms with Crippen LogP contribution in [0, 0.1) is 5.41 Å². The van der Waals surface area contributed by atoms with E-state index in [1.807, 2.05) is 0 Å². The van der Waals surface area contributed by atoms with Crippen LogP contribution in [-0.4, -0.2) is 95.1 Å². The van der Waals surface area contributed by atoms with Gasteiger partial charge in [-0.05, 0) is 5.53 Å². The fourth-order valence-corrected chi connectivity index (χ4v) is 3.48. The van der Waals surface area contributed by atoms with E-state index in [9.17, 15) is 19.5 Å². The number of carbonyl (C=O) groups excluding carboxylic acids is 3. The molecule has 2 heterocycles. The van der Waals surface area contributed by atoms with E-state index in [2.05, 4.69) is 10.0 Å². The normalized spacial score (nSPS) is 32.1. The molecule has 8 atom stereocenters. The molecule has 0 radical (unpaired) electrons. The second-order valence-corrected chi connectivity index (χ2v) is 9.78. The van der Waals surface area contributed by atoms with Crippen molar-refractivity contribution in [1.29, 1.82) is 5.41 Å². The summed E-state index contributed by atoms with van der Waals surface area (Å²) in [5.74, 6) is -3.14. The maximum atomic E-state index is 11.8. The van der Waals surface area contributed by atoms with Gasteiger partial charge >= 0.3 is 17.9 Å². The van der Waals surface area contributed by atoms with Gasteiger partial charge in [-0.25, -0.2) is 0 Å². The van der Waals surface area contributed by atoms with Gasteiger partial charge in [-0.15, -0.1) is 0 Å². The number of aliphatic hydroxyl groups is 1. The van der Waals surface area contributed by atoms with E-state index in [0.29, 0.717) is 0 Å². The molecular weight excluding hydrogens is 555 g/mol. The molecule has 2 rings (SSSR count). The van der Waals surface area contributed by atoms with Gasteiger partial charge < -0.3 is 38.3 Å². The molecule has 2 saturated heterocycles. The molecule has 2 aliphatic rings. The number of ether oxygens (including phenoxy) is 7. The van der Waals surface area contributed by atoms with E-state index >= 15 is 0 Å². The van der Waals surface area contributed by atoms with Crippen LogP contribution in [0.25, 0.3) is 10.4 Å². The van der Waals surface area contributed by atoms with Crippen molar-refractivity contribution < 1.29 is 52.6 Å². The van der Waals surface area contributed by atoms with Gasteiger partial charge in [0.25, 0.3) is 3.79 Å². The van der Waals surface area contributed by atoms with Gasteiger partial charge in [0.1, 0.15) is 37.1 Å². The highest BCUT2D eigenvalue weighted by molar-refractivity contribution is 6.76. The predicted molar refractivity (Wildman–Crippen MR) is 119 cm³/mol. The summed E-state index contributed by atoms with van der Waals surface area (Å²) in [6.45, 7) is 2.46. The zero-order chi connectivity index (χ0) is 27.2. The topological polar surface area (TPSA) is 209 Å². The van der Waals surface area contributed by atoms with Crippen LogP contribution in [0.2, 0.25) is 0 Å². The Kier molecular flexibility index (Phi) is 10.8. The Hall–Kier alpha value is -2.10. The summed E-state index contributed by atoms with van der Waals surface area (Å²) in [7, 11) is 0. The highest BCUT2D eigenvalue weighted by Crippen LogP contribution is 2.35. The third kappa shape index (κ3) is 8.21. The predicted octanol–water partition coefficient (Wildman–Crippen LogP) is 1.28.